The quantitative estimate of drug-likeness (QED) is 0.476. The molecule has 1 aromatic heterocycles. The number of benzene rings is 2. The van der Waals surface area contributed by atoms with Crippen molar-refractivity contribution in [3.63, 3.8) is 0 Å². The van der Waals surface area contributed by atoms with Gasteiger partial charge in [0.2, 0.25) is 5.78 Å². The van der Waals surface area contributed by atoms with Crippen LogP contribution in [0, 0.1) is 0 Å². The zero-order valence-corrected chi connectivity index (χ0v) is 14.2. The van der Waals surface area contributed by atoms with E-state index < -0.39 is 0 Å². The van der Waals surface area contributed by atoms with E-state index in [0.717, 1.165) is 11.1 Å². The number of halogens is 3. The predicted molar refractivity (Wildman–Crippen MR) is 94.7 cm³/mol. The van der Waals surface area contributed by atoms with Crippen LogP contribution in [0.3, 0.4) is 0 Å². The summed E-state index contributed by atoms with van der Waals surface area (Å²) in [6, 6.07) is 14.3. The first-order valence-corrected chi connectivity index (χ1v) is 8.41. The monoisotopic (exact) mass is 366 g/mol. The first kappa shape index (κ1) is 15.6. The van der Waals surface area contributed by atoms with Gasteiger partial charge in [-0.3, -0.25) is 4.79 Å². The highest BCUT2D eigenvalue weighted by molar-refractivity contribution is 7.12. The Morgan fingerprint density at radius 3 is 2.36 bits per heavy atom. The zero-order valence-electron chi connectivity index (χ0n) is 11.1. The molecule has 110 valence electrons. The predicted octanol–water partition coefficient (Wildman–Crippen LogP) is 6.61. The third-order valence-electron chi connectivity index (χ3n) is 3.22. The van der Waals surface area contributed by atoms with Gasteiger partial charge in [0, 0.05) is 11.1 Å². The number of carbonyl (C=O) groups excluding carboxylic acids is 1. The van der Waals surface area contributed by atoms with Gasteiger partial charge >= 0.3 is 0 Å². The molecule has 1 heterocycles. The normalized spacial score (nSPS) is 10.7. The van der Waals surface area contributed by atoms with Gasteiger partial charge in [0.1, 0.15) is 0 Å². The molecule has 0 fully saturated rings. The summed E-state index contributed by atoms with van der Waals surface area (Å²) in [7, 11) is 0. The van der Waals surface area contributed by atoms with Gasteiger partial charge in [0.05, 0.1) is 19.9 Å². The van der Waals surface area contributed by atoms with Crippen molar-refractivity contribution in [2.75, 3.05) is 0 Å². The summed E-state index contributed by atoms with van der Waals surface area (Å²) in [4.78, 5) is 13.4. The maximum absolute atomic E-state index is 12.7. The third-order valence-corrected chi connectivity index (χ3v) is 5.20. The Hall–Kier alpha value is -1.32. The Kier molecular flexibility index (Phi) is 4.55. The van der Waals surface area contributed by atoms with E-state index in [4.69, 9.17) is 34.8 Å². The van der Waals surface area contributed by atoms with Crippen LogP contribution in [-0.2, 0) is 0 Å². The molecular formula is C17H9Cl3OS. The fourth-order valence-corrected chi connectivity index (χ4v) is 3.53. The topological polar surface area (TPSA) is 17.1 Å². The fourth-order valence-electron chi connectivity index (χ4n) is 2.14. The molecule has 0 bridgehead atoms. The van der Waals surface area contributed by atoms with E-state index in [1.165, 1.54) is 11.3 Å². The highest BCUT2D eigenvalue weighted by Gasteiger charge is 2.18. The third kappa shape index (κ3) is 2.92. The van der Waals surface area contributed by atoms with Gasteiger partial charge in [0.25, 0.3) is 0 Å². The van der Waals surface area contributed by atoms with Gasteiger partial charge in [-0.25, -0.2) is 0 Å². The lowest BCUT2D eigenvalue weighted by atomic mass is 10.0. The molecule has 0 unspecified atom stereocenters. The average Bonchev–Trinajstić information content (AvgIpc) is 2.99. The van der Waals surface area contributed by atoms with E-state index in [9.17, 15) is 4.79 Å². The van der Waals surface area contributed by atoms with Gasteiger partial charge < -0.3 is 0 Å². The maximum atomic E-state index is 12.7. The molecule has 0 N–H and O–H groups in total. The Morgan fingerprint density at radius 1 is 0.864 bits per heavy atom. The van der Waals surface area contributed by atoms with Gasteiger partial charge in [0.15, 0.2) is 0 Å². The smallest absolute Gasteiger partial charge is 0.205 e. The Labute approximate surface area is 147 Å². The zero-order chi connectivity index (χ0) is 15.7. The van der Waals surface area contributed by atoms with Crippen LogP contribution in [0.4, 0.5) is 0 Å². The highest BCUT2D eigenvalue weighted by Crippen LogP contribution is 2.34. The van der Waals surface area contributed by atoms with Crippen LogP contribution in [-0.4, -0.2) is 5.78 Å². The summed E-state index contributed by atoms with van der Waals surface area (Å²) in [6.45, 7) is 0. The molecule has 0 aliphatic heterocycles. The van der Waals surface area contributed by atoms with Crippen molar-refractivity contribution in [1.82, 2.24) is 0 Å². The largest absolute Gasteiger partial charge is 0.288 e. The lowest BCUT2D eigenvalue weighted by molar-refractivity contribution is 0.104. The second kappa shape index (κ2) is 6.43. The fraction of sp³-hybridized carbons (Fsp3) is 0. The molecule has 0 saturated carbocycles. The summed E-state index contributed by atoms with van der Waals surface area (Å²) in [5, 5.41) is 3.27. The number of hydrogen-bond acceptors (Lipinski definition) is 2. The van der Waals surface area contributed by atoms with E-state index in [1.807, 2.05) is 17.5 Å². The summed E-state index contributed by atoms with van der Waals surface area (Å²) in [5.41, 5.74) is 2.17. The SMILES string of the molecule is O=C(c1ccccc1Cl)c1sccc1-c1ccc(Cl)c(Cl)c1. The average molecular weight is 368 g/mol. The van der Waals surface area contributed by atoms with Gasteiger partial charge in [-0.2, -0.15) is 0 Å². The van der Waals surface area contributed by atoms with Crippen molar-refractivity contribution >= 4 is 51.9 Å². The lowest BCUT2D eigenvalue weighted by Gasteiger charge is -2.06. The number of thiophene rings is 1. The number of ketones is 1. The summed E-state index contributed by atoms with van der Waals surface area (Å²) in [6.07, 6.45) is 0. The molecule has 0 amide bonds. The van der Waals surface area contributed by atoms with Crippen molar-refractivity contribution in [2.45, 2.75) is 0 Å². The molecule has 2 aromatic carbocycles. The van der Waals surface area contributed by atoms with Crippen LogP contribution in [0.1, 0.15) is 15.2 Å². The molecule has 0 aliphatic carbocycles. The maximum Gasteiger partial charge on any atom is 0.205 e. The molecule has 3 rings (SSSR count). The Balaban J connectivity index is 2.07. The minimum absolute atomic E-state index is 0.0957. The molecule has 22 heavy (non-hydrogen) atoms. The Bertz CT molecular complexity index is 855. The van der Waals surface area contributed by atoms with E-state index in [0.29, 0.717) is 25.5 Å². The van der Waals surface area contributed by atoms with E-state index in [-0.39, 0.29) is 5.78 Å². The molecule has 0 aliphatic rings. The number of hydrogen-bond donors (Lipinski definition) is 0. The second-order valence-corrected chi connectivity index (χ2v) is 6.74. The summed E-state index contributed by atoms with van der Waals surface area (Å²) >= 11 is 19.5. The standard InChI is InChI=1S/C17H9Cl3OS/c18-13-4-2-1-3-12(13)16(21)17-11(7-8-22-17)10-5-6-14(19)15(20)9-10/h1-9H. The van der Waals surface area contributed by atoms with Crippen LogP contribution in [0.15, 0.2) is 53.9 Å². The van der Waals surface area contributed by atoms with E-state index in [2.05, 4.69) is 0 Å². The van der Waals surface area contributed by atoms with Crippen molar-refractivity contribution in [3.8, 4) is 11.1 Å². The van der Waals surface area contributed by atoms with Crippen molar-refractivity contribution in [1.29, 1.82) is 0 Å². The lowest BCUT2D eigenvalue weighted by Crippen LogP contribution is -2.01. The first-order valence-electron chi connectivity index (χ1n) is 6.40. The van der Waals surface area contributed by atoms with Gasteiger partial charge in [-0.15, -0.1) is 11.3 Å². The van der Waals surface area contributed by atoms with E-state index in [1.54, 1.807) is 36.4 Å². The van der Waals surface area contributed by atoms with Crippen LogP contribution < -0.4 is 0 Å². The van der Waals surface area contributed by atoms with Crippen molar-refractivity contribution < 1.29 is 4.79 Å². The molecule has 0 atom stereocenters. The number of rotatable bonds is 3. The van der Waals surface area contributed by atoms with Crippen LogP contribution in [0.5, 0.6) is 0 Å². The van der Waals surface area contributed by atoms with Crippen molar-refractivity contribution in [3.05, 3.63) is 79.4 Å². The highest BCUT2D eigenvalue weighted by atomic mass is 35.5. The molecule has 0 saturated heterocycles. The van der Waals surface area contributed by atoms with Crippen LogP contribution in [0.25, 0.3) is 11.1 Å². The first-order chi connectivity index (χ1) is 10.6. The molecular weight excluding hydrogens is 359 g/mol. The number of carbonyl (C=O) groups is 1. The van der Waals surface area contributed by atoms with Gasteiger partial charge in [-0.05, 0) is 41.3 Å². The van der Waals surface area contributed by atoms with E-state index >= 15 is 0 Å². The molecule has 0 spiro atoms. The Morgan fingerprint density at radius 2 is 1.64 bits per heavy atom. The second-order valence-electron chi connectivity index (χ2n) is 4.60. The van der Waals surface area contributed by atoms with Gasteiger partial charge in [-0.1, -0.05) is 53.0 Å². The summed E-state index contributed by atoms with van der Waals surface area (Å²) < 4.78 is 0. The van der Waals surface area contributed by atoms with Crippen molar-refractivity contribution in [2.24, 2.45) is 0 Å². The van der Waals surface area contributed by atoms with Crippen LogP contribution in [0.2, 0.25) is 15.1 Å². The summed E-state index contributed by atoms with van der Waals surface area (Å²) in [5.74, 6) is -0.0957. The minimum atomic E-state index is -0.0957. The molecule has 0 radical (unpaired) electrons. The van der Waals surface area contributed by atoms with Crippen LogP contribution >= 0.6 is 46.1 Å². The minimum Gasteiger partial charge on any atom is -0.288 e. The molecule has 3 aromatic rings. The molecule has 1 nitrogen and oxygen atoms in total. The molecule has 5 heteroatoms.